The largest absolute Gasteiger partial charge is 0.481 e. The van der Waals surface area contributed by atoms with Crippen LogP contribution in [-0.4, -0.2) is 47.8 Å². The second kappa shape index (κ2) is 5.94. The fraction of sp³-hybridized carbons (Fsp3) is 0.538. The van der Waals surface area contributed by atoms with Crippen molar-refractivity contribution in [2.45, 2.75) is 25.0 Å². The van der Waals surface area contributed by atoms with Crippen LogP contribution in [0.5, 0.6) is 0 Å². The maximum Gasteiger partial charge on any atom is 0.344 e. The maximum absolute atomic E-state index is 11.6. The highest BCUT2D eigenvalue weighted by Crippen LogP contribution is 2.42. The van der Waals surface area contributed by atoms with Gasteiger partial charge in [-0.2, -0.15) is 0 Å². The monoisotopic (exact) mass is 298 g/mol. The summed E-state index contributed by atoms with van der Waals surface area (Å²) in [5.41, 5.74) is 0. The van der Waals surface area contributed by atoms with E-state index in [1.165, 1.54) is 0 Å². The summed E-state index contributed by atoms with van der Waals surface area (Å²) < 4.78 is 14.6. The zero-order chi connectivity index (χ0) is 15.6. The molecule has 1 saturated heterocycles. The summed E-state index contributed by atoms with van der Waals surface area (Å²) in [6, 6.07) is 0. The van der Waals surface area contributed by atoms with E-state index in [0.717, 1.165) is 6.08 Å². The third kappa shape index (κ3) is 3.21. The summed E-state index contributed by atoms with van der Waals surface area (Å²) >= 11 is 0. The average Bonchev–Trinajstić information content (AvgIpc) is 2.64. The lowest BCUT2D eigenvalue weighted by atomic mass is 9.99. The van der Waals surface area contributed by atoms with E-state index in [-0.39, 0.29) is 12.8 Å². The van der Waals surface area contributed by atoms with Gasteiger partial charge in [-0.25, -0.2) is 9.59 Å². The molecule has 2 bridgehead atoms. The molecule has 1 saturated carbocycles. The van der Waals surface area contributed by atoms with E-state index >= 15 is 0 Å². The van der Waals surface area contributed by atoms with Gasteiger partial charge in [0, 0.05) is 12.0 Å². The molecule has 1 N–H and O–H groups in total. The molecule has 8 heteroatoms. The first-order valence-corrected chi connectivity index (χ1v) is 6.33. The second-order valence-electron chi connectivity index (χ2n) is 4.87. The first kappa shape index (κ1) is 15.0. The van der Waals surface area contributed by atoms with E-state index in [2.05, 4.69) is 11.3 Å². The Bertz CT molecular complexity index is 496. The minimum absolute atomic E-state index is 0.00464. The van der Waals surface area contributed by atoms with Gasteiger partial charge in [-0.1, -0.05) is 6.58 Å². The molecule has 0 aromatic heterocycles. The Morgan fingerprint density at radius 1 is 1.43 bits per heavy atom. The molecule has 1 aliphatic heterocycles. The minimum Gasteiger partial charge on any atom is -0.481 e. The van der Waals surface area contributed by atoms with Gasteiger partial charge in [0.1, 0.15) is 6.10 Å². The van der Waals surface area contributed by atoms with Gasteiger partial charge in [0.2, 0.25) is 0 Å². The maximum atomic E-state index is 11.6. The number of carbonyl (C=O) groups excluding carboxylic acids is 3. The molecule has 2 rings (SSSR count). The number of carboxylic acids is 1. The summed E-state index contributed by atoms with van der Waals surface area (Å²) in [5, 5.41) is 9.09. The number of rotatable bonds is 5. The Morgan fingerprint density at radius 2 is 2.14 bits per heavy atom. The number of esters is 3. The molecule has 4 atom stereocenters. The molecular weight excluding hydrogens is 284 g/mol. The third-order valence-electron chi connectivity index (χ3n) is 3.52. The van der Waals surface area contributed by atoms with Gasteiger partial charge in [0.25, 0.3) is 0 Å². The van der Waals surface area contributed by atoms with Gasteiger partial charge in [0.05, 0.1) is 12.3 Å². The lowest BCUT2D eigenvalue weighted by Gasteiger charge is -2.29. The minimum atomic E-state index is -1.10. The van der Waals surface area contributed by atoms with Crippen LogP contribution in [0.2, 0.25) is 0 Å². The zero-order valence-corrected chi connectivity index (χ0v) is 11.0. The smallest absolute Gasteiger partial charge is 0.344 e. The molecule has 2 aliphatic rings. The molecular formula is C13H14O8. The van der Waals surface area contributed by atoms with Crippen LogP contribution < -0.4 is 0 Å². The molecule has 1 heterocycles. The molecule has 4 unspecified atom stereocenters. The van der Waals surface area contributed by atoms with Gasteiger partial charge in [-0.05, 0) is 6.42 Å². The summed E-state index contributed by atoms with van der Waals surface area (Å²) in [6.07, 6.45) is -0.702. The van der Waals surface area contributed by atoms with Crippen molar-refractivity contribution in [3.05, 3.63) is 12.7 Å². The lowest BCUT2D eigenvalue weighted by molar-refractivity contribution is -0.184. The molecule has 0 aromatic carbocycles. The fourth-order valence-electron chi connectivity index (χ4n) is 2.63. The summed E-state index contributed by atoms with van der Waals surface area (Å²) in [6.45, 7) is 2.57. The van der Waals surface area contributed by atoms with Crippen LogP contribution in [0.25, 0.3) is 0 Å². The highest BCUT2D eigenvalue weighted by molar-refractivity contribution is 5.84. The van der Waals surface area contributed by atoms with Crippen LogP contribution >= 0.6 is 0 Å². The Balaban J connectivity index is 1.98. The van der Waals surface area contributed by atoms with Crippen molar-refractivity contribution in [2.75, 3.05) is 6.61 Å². The van der Waals surface area contributed by atoms with Crippen LogP contribution in [0, 0.1) is 11.8 Å². The molecule has 0 spiro atoms. The van der Waals surface area contributed by atoms with Gasteiger partial charge in [-0.3, -0.25) is 9.59 Å². The Morgan fingerprint density at radius 3 is 2.76 bits per heavy atom. The average molecular weight is 298 g/mol. The number of aliphatic carboxylic acids is 1. The van der Waals surface area contributed by atoms with Crippen LogP contribution in [0.4, 0.5) is 0 Å². The van der Waals surface area contributed by atoms with E-state index in [1.807, 2.05) is 0 Å². The lowest BCUT2D eigenvalue weighted by Crippen LogP contribution is -2.43. The van der Waals surface area contributed by atoms with Crippen molar-refractivity contribution in [3.63, 3.8) is 0 Å². The van der Waals surface area contributed by atoms with Gasteiger partial charge in [0.15, 0.2) is 12.7 Å². The van der Waals surface area contributed by atoms with Crippen LogP contribution in [0.3, 0.4) is 0 Å². The second-order valence-corrected chi connectivity index (χ2v) is 4.87. The van der Waals surface area contributed by atoms with E-state index in [1.54, 1.807) is 0 Å². The number of carbonyl (C=O) groups is 4. The van der Waals surface area contributed by atoms with Crippen molar-refractivity contribution in [2.24, 2.45) is 11.8 Å². The van der Waals surface area contributed by atoms with Crippen molar-refractivity contribution in [3.8, 4) is 0 Å². The predicted molar refractivity (Wildman–Crippen MR) is 64.8 cm³/mol. The summed E-state index contributed by atoms with van der Waals surface area (Å²) in [5.74, 6) is -4.48. The van der Waals surface area contributed by atoms with Crippen molar-refractivity contribution in [1.29, 1.82) is 0 Å². The molecule has 0 aromatic rings. The number of fused-ring (bicyclic) bond motifs is 2. The topological polar surface area (TPSA) is 116 Å². The predicted octanol–water partition coefficient (Wildman–Crippen LogP) is -0.336. The van der Waals surface area contributed by atoms with Crippen molar-refractivity contribution in [1.82, 2.24) is 0 Å². The van der Waals surface area contributed by atoms with Crippen LogP contribution in [0.1, 0.15) is 12.8 Å². The fourth-order valence-corrected chi connectivity index (χ4v) is 2.63. The molecule has 0 amide bonds. The highest BCUT2D eigenvalue weighted by Gasteiger charge is 2.54. The molecule has 114 valence electrons. The third-order valence-corrected chi connectivity index (χ3v) is 3.52. The first-order valence-electron chi connectivity index (χ1n) is 6.33. The van der Waals surface area contributed by atoms with Gasteiger partial charge in [-0.15, -0.1) is 0 Å². The number of hydrogen-bond donors (Lipinski definition) is 1. The van der Waals surface area contributed by atoms with E-state index < -0.39 is 54.5 Å². The van der Waals surface area contributed by atoms with Crippen molar-refractivity contribution < 1.29 is 38.5 Å². The summed E-state index contributed by atoms with van der Waals surface area (Å²) in [7, 11) is 0. The SMILES string of the molecule is C=CC(=O)OCC(=O)OC1C2CC(=O)OC1C(C(=O)O)C2. The van der Waals surface area contributed by atoms with Gasteiger partial charge >= 0.3 is 23.9 Å². The number of hydrogen-bond acceptors (Lipinski definition) is 7. The normalized spacial score (nSPS) is 30.2. The molecule has 1 aliphatic carbocycles. The van der Waals surface area contributed by atoms with Crippen molar-refractivity contribution >= 4 is 23.9 Å². The molecule has 0 radical (unpaired) electrons. The van der Waals surface area contributed by atoms with E-state index in [9.17, 15) is 19.2 Å². The molecule has 21 heavy (non-hydrogen) atoms. The molecule has 2 fully saturated rings. The van der Waals surface area contributed by atoms with Crippen LogP contribution in [-0.2, 0) is 33.4 Å². The Hall–Kier alpha value is -2.38. The summed E-state index contributed by atoms with van der Waals surface area (Å²) in [4.78, 5) is 44.9. The number of ether oxygens (including phenoxy) is 3. The Labute approximate surface area is 119 Å². The first-order chi connectivity index (χ1) is 9.92. The van der Waals surface area contributed by atoms with E-state index in [0.29, 0.717) is 0 Å². The van der Waals surface area contributed by atoms with Crippen LogP contribution in [0.15, 0.2) is 12.7 Å². The zero-order valence-electron chi connectivity index (χ0n) is 11.0. The van der Waals surface area contributed by atoms with E-state index in [4.69, 9.17) is 14.6 Å². The quantitative estimate of drug-likeness (QED) is 0.416. The number of carboxylic acid groups (broad SMARTS) is 1. The van der Waals surface area contributed by atoms with Gasteiger partial charge < -0.3 is 19.3 Å². The standard InChI is InChI=1S/C13H14O8/c1-2-8(14)19-5-10(16)21-11-6-3-7(13(17)18)12(11)20-9(15)4-6/h2,6-7,11-12H,1,3-5H2,(H,17,18). The molecule has 8 nitrogen and oxygen atoms in total. The highest BCUT2D eigenvalue weighted by atomic mass is 16.6. The Kier molecular flexibility index (Phi) is 4.25.